The molecule has 1 unspecified atom stereocenters. The van der Waals surface area contributed by atoms with Crippen molar-refractivity contribution in [1.29, 1.82) is 0 Å². The van der Waals surface area contributed by atoms with Crippen LogP contribution in [0.1, 0.15) is 125 Å². The molecule has 1 atom stereocenters. The molecule has 16 nitrogen and oxygen atoms in total. The predicted octanol–water partition coefficient (Wildman–Crippen LogP) is 9.97. The van der Waals surface area contributed by atoms with E-state index in [1.165, 1.54) is 43.0 Å². The van der Waals surface area contributed by atoms with E-state index in [0.29, 0.717) is 52.9 Å². The number of ether oxygens (including phenoxy) is 1. The van der Waals surface area contributed by atoms with Crippen LogP contribution in [0.5, 0.6) is 11.5 Å². The molecule has 2 aromatic carbocycles. The summed E-state index contributed by atoms with van der Waals surface area (Å²) in [4.78, 5) is 41.8. The highest BCUT2D eigenvalue weighted by molar-refractivity contribution is 7.93. The Morgan fingerprint density at radius 2 is 1.71 bits per heavy atom. The first-order valence-electron chi connectivity index (χ1n) is 24.7. The average molecular weight is 980 g/mol. The number of carbonyl (C=O) groups is 1. The third-order valence-electron chi connectivity index (χ3n) is 15.3. The molecule has 4 fully saturated rings. The molecule has 69 heavy (non-hydrogen) atoms. The van der Waals surface area contributed by atoms with Crippen molar-refractivity contribution in [2.75, 3.05) is 47.9 Å². The number of H-pyrrole nitrogens is 1. The fraction of sp³-hybridized carbons (Fsp3) is 0.510. The van der Waals surface area contributed by atoms with Crippen LogP contribution in [0.15, 0.2) is 88.5 Å². The number of aromatic nitrogens is 3. The van der Waals surface area contributed by atoms with Gasteiger partial charge in [0.15, 0.2) is 0 Å². The van der Waals surface area contributed by atoms with E-state index in [9.17, 15) is 27.5 Å². The highest BCUT2D eigenvalue weighted by Crippen LogP contribution is 2.54. The number of benzene rings is 2. The summed E-state index contributed by atoms with van der Waals surface area (Å²) in [6, 6.07) is 19.8. The molecule has 2 saturated carbocycles. The summed E-state index contributed by atoms with van der Waals surface area (Å²) < 4.78 is 53.6. The molecular formula is C51H65N9O7S2. The van der Waals surface area contributed by atoms with Crippen molar-refractivity contribution < 1.29 is 27.1 Å². The first-order chi connectivity index (χ1) is 33.1. The Morgan fingerprint density at radius 1 is 0.957 bits per heavy atom. The molecule has 2 aliphatic heterocycles. The minimum absolute atomic E-state index is 0.0309. The second kappa shape index (κ2) is 20.0. The summed E-state index contributed by atoms with van der Waals surface area (Å²) in [5.41, 5.74) is 4.18. The van der Waals surface area contributed by atoms with Crippen molar-refractivity contribution in [3.05, 3.63) is 106 Å². The summed E-state index contributed by atoms with van der Waals surface area (Å²) >= 11 is 0. The van der Waals surface area contributed by atoms with Gasteiger partial charge in [0.25, 0.3) is 15.9 Å². The van der Waals surface area contributed by atoms with E-state index in [1.54, 1.807) is 24.4 Å². The van der Waals surface area contributed by atoms with Gasteiger partial charge in [-0.1, -0.05) is 52.0 Å². The third kappa shape index (κ3) is 10.5. The van der Waals surface area contributed by atoms with Gasteiger partial charge in [0.1, 0.15) is 22.0 Å². The Hall–Kier alpha value is -5.59. The Morgan fingerprint density at radius 3 is 2.43 bits per heavy atom. The van der Waals surface area contributed by atoms with Gasteiger partial charge in [0, 0.05) is 82.4 Å². The number of likely N-dealkylation sites (tertiary alicyclic amines) is 1. The van der Waals surface area contributed by atoms with Gasteiger partial charge in [-0.25, -0.2) is 31.7 Å². The predicted molar refractivity (Wildman–Crippen MR) is 270 cm³/mol. The molecule has 1 amide bonds. The summed E-state index contributed by atoms with van der Waals surface area (Å²) in [5, 5.41) is 16.1. The molecule has 18 heteroatoms. The lowest BCUT2D eigenvalue weighted by molar-refractivity contribution is -0.384. The highest BCUT2D eigenvalue weighted by Gasteiger charge is 2.50. The number of amides is 1. The van der Waals surface area contributed by atoms with Crippen molar-refractivity contribution in [3.8, 4) is 11.5 Å². The van der Waals surface area contributed by atoms with E-state index in [1.807, 2.05) is 26.0 Å². The minimum Gasteiger partial charge on any atom is -0.455 e. The molecule has 3 aromatic heterocycles. The van der Waals surface area contributed by atoms with Crippen molar-refractivity contribution in [2.24, 2.45) is 15.7 Å². The van der Waals surface area contributed by atoms with Crippen LogP contribution in [-0.2, 0) is 19.8 Å². The van der Waals surface area contributed by atoms with Gasteiger partial charge in [0.05, 0.1) is 28.9 Å². The lowest BCUT2D eigenvalue weighted by Gasteiger charge is -2.56. The van der Waals surface area contributed by atoms with Crippen LogP contribution >= 0.6 is 0 Å². The number of aromatic amines is 1. The molecule has 0 radical (unpaired) electrons. The second-order valence-electron chi connectivity index (χ2n) is 19.8. The van der Waals surface area contributed by atoms with Gasteiger partial charge in [-0.2, -0.15) is 0 Å². The molecule has 0 bridgehead atoms. The number of fused-ring (bicyclic) bond motifs is 1. The van der Waals surface area contributed by atoms with Crippen LogP contribution in [0.2, 0.25) is 0 Å². The van der Waals surface area contributed by atoms with Crippen LogP contribution in [0.4, 0.5) is 17.2 Å². The van der Waals surface area contributed by atoms with Crippen LogP contribution in [0.3, 0.4) is 0 Å². The van der Waals surface area contributed by atoms with Gasteiger partial charge < -0.3 is 19.9 Å². The van der Waals surface area contributed by atoms with Gasteiger partial charge in [-0.05, 0) is 123 Å². The number of hydrogen-bond acceptors (Lipinski definition) is 13. The number of hydrogen-bond donors (Lipinski definition) is 3. The Bertz CT molecular complexity index is 2920. The highest BCUT2D eigenvalue weighted by atomic mass is 32.2. The molecule has 2 aliphatic carbocycles. The van der Waals surface area contributed by atoms with Crippen molar-refractivity contribution in [3.63, 3.8) is 0 Å². The number of sulfonamides is 1. The summed E-state index contributed by atoms with van der Waals surface area (Å²) in [6.07, 6.45) is 14.4. The van der Waals surface area contributed by atoms with E-state index in [0.717, 1.165) is 81.5 Å². The van der Waals surface area contributed by atoms with E-state index in [4.69, 9.17) is 4.74 Å². The van der Waals surface area contributed by atoms with Crippen LogP contribution in [-0.4, -0.2) is 93.1 Å². The van der Waals surface area contributed by atoms with Crippen LogP contribution in [0, 0.1) is 21.4 Å². The number of nitrogens with one attached hydrogen (secondary N) is 3. The van der Waals surface area contributed by atoms with Crippen molar-refractivity contribution >= 4 is 53.9 Å². The molecule has 2 saturated heterocycles. The zero-order valence-corrected chi connectivity index (χ0v) is 41.7. The Balaban J connectivity index is 0.874. The zero-order valence-electron chi connectivity index (χ0n) is 40.1. The van der Waals surface area contributed by atoms with E-state index < -0.39 is 41.2 Å². The minimum atomic E-state index is -4.64. The maximum absolute atomic E-state index is 14.0. The third-order valence-corrected chi connectivity index (χ3v) is 19.1. The quantitative estimate of drug-likeness (QED) is 0.0624. The number of nitro groups is 1. The fourth-order valence-electron chi connectivity index (χ4n) is 11.2. The molecule has 3 N–H and O–H groups in total. The molecule has 5 heterocycles. The Kier molecular flexibility index (Phi) is 14.1. The molecule has 368 valence electrons. The maximum Gasteiger partial charge on any atom is 0.312 e. The molecule has 1 spiro atoms. The van der Waals surface area contributed by atoms with Crippen molar-refractivity contribution in [2.45, 2.75) is 121 Å². The number of nitrogens with zero attached hydrogens (tertiary/aromatic N) is 6. The summed E-state index contributed by atoms with van der Waals surface area (Å²) in [5.74, 6) is 1.17. The first kappa shape index (κ1) is 48.4. The fourth-order valence-corrected chi connectivity index (χ4v) is 13.6. The van der Waals surface area contributed by atoms with Gasteiger partial charge in [-0.15, -0.1) is 0 Å². The van der Waals surface area contributed by atoms with E-state index in [2.05, 4.69) is 77.3 Å². The molecular weight excluding hydrogens is 915 g/mol. The van der Waals surface area contributed by atoms with Crippen molar-refractivity contribution in [1.82, 2.24) is 24.6 Å². The van der Waals surface area contributed by atoms with Crippen LogP contribution < -0.4 is 19.7 Å². The zero-order chi connectivity index (χ0) is 48.5. The summed E-state index contributed by atoms with van der Waals surface area (Å²) in [6.45, 7) is 11.6. The maximum atomic E-state index is 14.0. The van der Waals surface area contributed by atoms with Gasteiger partial charge in [-0.3, -0.25) is 19.8 Å². The monoisotopic (exact) mass is 979 g/mol. The second-order valence-corrected chi connectivity index (χ2v) is 24.4. The topological polar surface area (TPSA) is 205 Å². The number of carbonyl (C=O) groups excluding carboxylic acids is 1. The number of pyridine rings is 2. The standard InChI is InChI=1S/C51H65N9O7S2/c1-5-68(64,6-2)56-37-15-13-35(14-16-37)31-53-49-46(60(62)63)28-41(33-55-49)69(65,66)57-50(61)44-18-17-38(27-47(44)67-40-26-36-19-22-52-48(36)54-32-40)58-24-20-51(21-25-58)29-39(30-51)59-23-9-12-45(59)43-11-8-7-10-42(43)34(3)4/h7-8,10-11,17-19,22,26-28,32-35,37,39,45H,5-6,9,12-16,20-21,23-25,29-31H2,1-4H3,(H,52,54)(H,53,55)(H,57,61). The SMILES string of the molecule is CCS(=O)(CC)=NC1CCC(CNc2ncc(S(=O)(=O)NC(=O)c3ccc(N4CCC5(CC4)CC(N4CCCC4c4ccccc4C(C)C)C5)cc3Oc3cnc4[nH]ccc4c3)cc2[N+](=O)[O-])CC1. The first-order valence-corrected chi connectivity index (χ1v) is 28.0. The Labute approximate surface area is 405 Å². The molecule has 4 aliphatic rings. The smallest absolute Gasteiger partial charge is 0.312 e. The largest absolute Gasteiger partial charge is 0.455 e. The molecule has 5 aromatic rings. The molecule has 9 rings (SSSR count). The van der Waals surface area contributed by atoms with Gasteiger partial charge >= 0.3 is 5.69 Å². The van der Waals surface area contributed by atoms with E-state index >= 15 is 0 Å². The normalized spacial score (nSPS) is 21.1. The number of anilines is 2. The lowest BCUT2D eigenvalue weighted by Crippen LogP contribution is -2.54. The van der Waals surface area contributed by atoms with Crippen LogP contribution in [0.25, 0.3) is 11.0 Å². The average Bonchev–Trinajstić information content (AvgIpc) is 4.03. The van der Waals surface area contributed by atoms with Gasteiger partial charge in [0.2, 0.25) is 5.82 Å². The number of piperidine rings is 1. The lowest BCUT2D eigenvalue weighted by atomic mass is 9.59. The summed E-state index contributed by atoms with van der Waals surface area (Å²) in [7, 11) is -6.84. The number of rotatable bonds is 16. The van der Waals surface area contributed by atoms with E-state index in [-0.39, 0.29) is 29.1 Å².